The van der Waals surface area contributed by atoms with E-state index in [-0.39, 0.29) is 11.8 Å². The van der Waals surface area contributed by atoms with Crippen molar-refractivity contribution in [3.63, 3.8) is 0 Å². The van der Waals surface area contributed by atoms with Gasteiger partial charge in [0.25, 0.3) is 0 Å². The normalized spacial score (nSPS) is 28.2. The van der Waals surface area contributed by atoms with E-state index in [2.05, 4.69) is 10.6 Å². The van der Waals surface area contributed by atoms with Crippen molar-refractivity contribution < 1.29 is 9.59 Å². The van der Waals surface area contributed by atoms with E-state index in [1.807, 2.05) is 13.8 Å². The van der Waals surface area contributed by atoms with Gasteiger partial charge in [-0.3, -0.25) is 9.59 Å². The number of nitrogens with zero attached hydrogens (tertiary/aromatic N) is 1. The maximum Gasteiger partial charge on any atom is 0.223 e. The molecule has 0 aliphatic carbocycles. The molecule has 0 aromatic rings. The minimum Gasteiger partial charge on any atom is -0.353 e. The predicted molar refractivity (Wildman–Crippen MR) is 78.3 cm³/mol. The number of hydrogen-bond donors (Lipinski definition) is 2. The minimum atomic E-state index is 0.0248. The highest BCUT2D eigenvalue weighted by Crippen LogP contribution is 2.26. The molecule has 114 valence electrons. The molecular formula is C15H27N3O2. The minimum absolute atomic E-state index is 0.0248. The standard InChI is InChI=1S/C15H27N3O2/c1-3-18(4-2)15(20)8-7-14(19)17-13-9-11-5-6-12(10-13)16-11/h11-13,16H,3-10H2,1-2H3,(H,17,19). The van der Waals surface area contributed by atoms with Crippen LogP contribution in [0.25, 0.3) is 0 Å². The fourth-order valence-corrected chi connectivity index (χ4v) is 3.43. The summed E-state index contributed by atoms with van der Waals surface area (Å²) in [6, 6.07) is 1.46. The predicted octanol–water partition coefficient (Wildman–Crippen LogP) is 1.03. The Morgan fingerprint density at radius 1 is 1.10 bits per heavy atom. The van der Waals surface area contributed by atoms with Crippen molar-refractivity contribution in [2.75, 3.05) is 13.1 Å². The highest BCUT2D eigenvalue weighted by atomic mass is 16.2. The van der Waals surface area contributed by atoms with E-state index >= 15 is 0 Å². The van der Waals surface area contributed by atoms with Gasteiger partial charge in [0, 0.05) is 44.1 Å². The summed E-state index contributed by atoms with van der Waals surface area (Å²) in [7, 11) is 0. The molecule has 0 aromatic carbocycles. The Morgan fingerprint density at radius 2 is 1.70 bits per heavy atom. The van der Waals surface area contributed by atoms with Gasteiger partial charge in [-0.25, -0.2) is 0 Å². The van der Waals surface area contributed by atoms with Gasteiger partial charge in [0.2, 0.25) is 11.8 Å². The second kappa shape index (κ2) is 7.07. The van der Waals surface area contributed by atoms with Crippen LogP contribution < -0.4 is 10.6 Å². The summed E-state index contributed by atoms with van der Waals surface area (Å²) in [6.45, 7) is 5.36. The van der Waals surface area contributed by atoms with Crippen molar-refractivity contribution in [3.8, 4) is 0 Å². The molecule has 5 nitrogen and oxygen atoms in total. The van der Waals surface area contributed by atoms with Gasteiger partial charge in [0.05, 0.1) is 0 Å². The summed E-state index contributed by atoms with van der Waals surface area (Å²) in [6.07, 6.45) is 5.17. The van der Waals surface area contributed by atoms with Gasteiger partial charge in [-0.05, 0) is 39.5 Å². The van der Waals surface area contributed by atoms with E-state index in [1.54, 1.807) is 4.90 Å². The summed E-state index contributed by atoms with van der Waals surface area (Å²) in [5.41, 5.74) is 0. The lowest BCUT2D eigenvalue weighted by Gasteiger charge is -2.29. The first-order valence-electron chi connectivity index (χ1n) is 7.95. The molecule has 0 saturated carbocycles. The zero-order valence-corrected chi connectivity index (χ0v) is 12.7. The molecule has 2 bridgehead atoms. The maximum atomic E-state index is 11.9. The molecule has 2 rings (SSSR count). The van der Waals surface area contributed by atoms with Crippen LogP contribution >= 0.6 is 0 Å². The van der Waals surface area contributed by atoms with Gasteiger partial charge in [0.15, 0.2) is 0 Å². The Bertz CT molecular complexity index is 343. The van der Waals surface area contributed by atoms with Crippen LogP contribution in [-0.4, -0.2) is 47.9 Å². The smallest absolute Gasteiger partial charge is 0.223 e. The van der Waals surface area contributed by atoms with Crippen LogP contribution in [0.4, 0.5) is 0 Å². The van der Waals surface area contributed by atoms with Crippen LogP contribution in [0, 0.1) is 0 Å². The maximum absolute atomic E-state index is 11.9. The van der Waals surface area contributed by atoms with Gasteiger partial charge in [0.1, 0.15) is 0 Å². The number of carbonyl (C=O) groups excluding carboxylic acids is 2. The molecule has 2 unspecified atom stereocenters. The quantitative estimate of drug-likeness (QED) is 0.764. The van der Waals surface area contributed by atoms with Crippen molar-refractivity contribution in [2.45, 2.75) is 70.5 Å². The largest absolute Gasteiger partial charge is 0.353 e. The van der Waals surface area contributed by atoms with Crippen molar-refractivity contribution in [3.05, 3.63) is 0 Å². The molecule has 0 radical (unpaired) electrons. The molecule has 2 atom stereocenters. The van der Waals surface area contributed by atoms with Crippen LogP contribution in [-0.2, 0) is 9.59 Å². The number of hydrogen-bond acceptors (Lipinski definition) is 3. The van der Waals surface area contributed by atoms with E-state index in [0.717, 1.165) is 12.8 Å². The zero-order chi connectivity index (χ0) is 14.5. The van der Waals surface area contributed by atoms with Crippen LogP contribution in [0.2, 0.25) is 0 Å². The molecule has 0 spiro atoms. The Hall–Kier alpha value is -1.10. The Labute approximate surface area is 121 Å². The topological polar surface area (TPSA) is 61.4 Å². The lowest BCUT2D eigenvalue weighted by molar-refractivity contribution is -0.133. The molecule has 2 heterocycles. The van der Waals surface area contributed by atoms with Gasteiger partial charge in [-0.15, -0.1) is 0 Å². The van der Waals surface area contributed by atoms with Gasteiger partial charge in [-0.1, -0.05) is 0 Å². The summed E-state index contributed by atoms with van der Waals surface area (Å²) in [5.74, 6) is 0.104. The summed E-state index contributed by atoms with van der Waals surface area (Å²) in [4.78, 5) is 25.6. The van der Waals surface area contributed by atoms with E-state index < -0.39 is 0 Å². The van der Waals surface area contributed by atoms with Crippen molar-refractivity contribution in [1.29, 1.82) is 0 Å². The fourth-order valence-electron chi connectivity index (χ4n) is 3.43. The van der Waals surface area contributed by atoms with Gasteiger partial charge >= 0.3 is 0 Å². The Morgan fingerprint density at radius 3 is 2.25 bits per heavy atom. The third-order valence-electron chi connectivity index (χ3n) is 4.52. The van der Waals surface area contributed by atoms with Crippen LogP contribution in [0.5, 0.6) is 0 Å². The summed E-state index contributed by atoms with van der Waals surface area (Å²) in [5, 5.41) is 6.66. The molecule has 2 amide bonds. The van der Waals surface area contributed by atoms with E-state index in [0.29, 0.717) is 44.1 Å². The van der Waals surface area contributed by atoms with Crippen LogP contribution in [0.3, 0.4) is 0 Å². The number of carbonyl (C=O) groups is 2. The Balaban J connectivity index is 1.69. The van der Waals surface area contributed by atoms with Crippen molar-refractivity contribution in [2.24, 2.45) is 0 Å². The number of nitrogens with one attached hydrogen (secondary N) is 2. The first kappa shape index (κ1) is 15.3. The van der Waals surface area contributed by atoms with E-state index in [4.69, 9.17) is 0 Å². The second-order valence-corrected chi connectivity index (χ2v) is 5.94. The highest BCUT2D eigenvalue weighted by Gasteiger charge is 2.33. The summed E-state index contributed by atoms with van der Waals surface area (Å²) < 4.78 is 0. The average molecular weight is 281 g/mol. The first-order chi connectivity index (χ1) is 9.62. The average Bonchev–Trinajstić information content (AvgIpc) is 2.77. The lowest BCUT2D eigenvalue weighted by atomic mass is 9.99. The van der Waals surface area contributed by atoms with Crippen molar-refractivity contribution >= 4 is 11.8 Å². The number of fused-ring (bicyclic) bond motifs is 2. The Kier molecular flexibility index (Phi) is 5.40. The molecule has 2 N–H and O–H groups in total. The molecular weight excluding hydrogens is 254 g/mol. The van der Waals surface area contributed by atoms with E-state index in [1.165, 1.54) is 12.8 Å². The molecule has 20 heavy (non-hydrogen) atoms. The van der Waals surface area contributed by atoms with Gasteiger partial charge < -0.3 is 15.5 Å². The molecule has 2 aliphatic heterocycles. The fraction of sp³-hybridized carbons (Fsp3) is 0.867. The lowest BCUT2D eigenvalue weighted by Crippen LogP contribution is -2.48. The highest BCUT2D eigenvalue weighted by molar-refractivity contribution is 5.83. The van der Waals surface area contributed by atoms with Crippen molar-refractivity contribution in [1.82, 2.24) is 15.5 Å². The molecule has 2 saturated heterocycles. The second-order valence-electron chi connectivity index (χ2n) is 5.94. The summed E-state index contributed by atoms with van der Waals surface area (Å²) >= 11 is 0. The monoisotopic (exact) mass is 281 g/mol. The van der Waals surface area contributed by atoms with E-state index in [9.17, 15) is 9.59 Å². The van der Waals surface area contributed by atoms with Crippen LogP contribution in [0.15, 0.2) is 0 Å². The van der Waals surface area contributed by atoms with Gasteiger partial charge in [-0.2, -0.15) is 0 Å². The number of piperidine rings is 1. The third-order valence-corrected chi connectivity index (χ3v) is 4.52. The number of amides is 2. The molecule has 2 aliphatic rings. The number of rotatable bonds is 6. The first-order valence-corrected chi connectivity index (χ1v) is 7.95. The van der Waals surface area contributed by atoms with Crippen LogP contribution in [0.1, 0.15) is 52.4 Å². The molecule has 2 fully saturated rings. The molecule has 5 heteroatoms. The molecule has 0 aromatic heterocycles. The third kappa shape index (κ3) is 3.95. The zero-order valence-electron chi connectivity index (χ0n) is 12.7. The SMILES string of the molecule is CCN(CC)C(=O)CCC(=O)NC1CC2CCC(C1)N2.